The molecule has 1 saturated heterocycles. The number of hydrogen-bond donors (Lipinski definition) is 4. The summed E-state index contributed by atoms with van der Waals surface area (Å²) in [6.45, 7) is 4.76. The number of rotatable bonds is 6. The molecule has 3 aliphatic rings. The second kappa shape index (κ2) is 11.4. The minimum Gasteiger partial charge on any atom is -0.398 e. The first-order valence-electron chi connectivity index (χ1n) is 12.2. The number of fused-ring (bicyclic) bond motifs is 1. The number of piperidine rings is 1. The third kappa shape index (κ3) is 5.72. The molecular formula is C28H35BrN6O. The summed E-state index contributed by atoms with van der Waals surface area (Å²) >= 11 is 3.64. The molecule has 0 aromatic heterocycles. The van der Waals surface area contributed by atoms with E-state index in [1.165, 1.54) is 0 Å². The summed E-state index contributed by atoms with van der Waals surface area (Å²) in [5.41, 5.74) is 18.3. The topological polar surface area (TPSA) is 109 Å². The fraction of sp³-hybridized carbons (Fsp3) is 0.357. The van der Waals surface area contributed by atoms with Crippen molar-refractivity contribution < 1.29 is 4.79 Å². The Bertz CT molecular complexity index is 1190. The Kier molecular flexibility index (Phi) is 8.28. The molecule has 0 spiro atoms. The predicted octanol–water partition coefficient (Wildman–Crippen LogP) is 3.92. The van der Waals surface area contributed by atoms with E-state index >= 15 is 0 Å². The molecule has 3 atom stereocenters. The van der Waals surface area contributed by atoms with Gasteiger partial charge in [0.05, 0.1) is 18.3 Å². The number of anilines is 2. The summed E-state index contributed by atoms with van der Waals surface area (Å²) in [6, 6.07) is 11.4. The summed E-state index contributed by atoms with van der Waals surface area (Å²) in [5.74, 6) is 2.30. The fourth-order valence-electron chi connectivity index (χ4n) is 5.30. The van der Waals surface area contributed by atoms with Crippen LogP contribution in [0.1, 0.15) is 29.7 Å². The normalized spacial score (nSPS) is 23.2. The van der Waals surface area contributed by atoms with Crippen molar-refractivity contribution in [2.24, 2.45) is 28.5 Å². The van der Waals surface area contributed by atoms with Crippen LogP contribution in [0.25, 0.3) is 0 Å². The van der Waals surface area contributed by atoms with Crippen molar-refractivity contribution in [3.05, 3.63) is 81.6 Å². The van der Waals surface area contributed by atoms with Crippen molar-refractivity contribution >= 4 is 39.3 Å². The van der Waals surface area contributed by atoms with E-state index < -0.39 is 0 Å². The molecule has 2 aromatic carbocycles. The zero-order valence-corrected chi connectivity index (χ0v) is 22.6. The second-order valence-electron chi connectivity index (χ2n) is 9.66. The van der Waals surface area contributed by atoms with Crippen LogP contribution in [0.15, 0.2) is 69.9 Å². The Hall–Kier alpha value is -2.94. The number of nitrogen functional groups attached to an aromatic ring is 1. The molecular weight excluding hydrogens is 516 g/mol. The van der Waals surface area contributed by atoms with Gasteiger partial charge in [0.15, 0.2) is 0 Å². The molecule has 190 valence electrons. The molecule has 5 rings (SSSR count). The van der Waals surface area contributed by atoms with Crippen molar-refractivity contribution in [1.29, 1.82) is 0 Å². The highest BCUT2D eigenvalue weighted by Gasteiger charge is 2.56. The number of benzene rings is 2. The number of para-hydroxylation sites is 1. The standard InChI is InChI=1S/C20H22BrN5.C8H13NO/c1-24-12-16-14(6-3-9-18(16)22)19(23)15-7-2-8-17(21)20(15)26-13-5-4-10-25-11-13;1-5(10)8-6-3-9(2)4-7(6)8/h2-10,12,19,25-26H,11,22-23H2,1H3;6-8H,3-4H2,1-2H3. The van der Waals surface area contributed by atoms with E-state index in [0.717, 1.165) is 64.0 Å². The van der Waals surface area contributed by atoms with Gasteiger partial charge in [-0.3, -0.25) is 9.79 Å². The van der Waals surface area contributed by atoms with Crippen LogP contribution in [0.4, 0.5) is 11.4 Å². The Morgan fingerprint density at radius 1 is 1.22 bits per heavy atom. The number of ketones is 1. The summed E-state index contributed by atoms with van der Waals surface area (Å²) in [7, 11) is 3.85. The third-order valence-electron chi connectivity index (χ3n) is 7.08. The van der Waals surface area contributed by atoms with Crippen LogP contribution in [0.5, 0.6) is 0 Å². The maximum atomic E-state index is 10.9. The highest BCUT2D eigenvalue weighted by atomic mass is 79.9. The lowest BCUT2D eigenvalue weighted by atomic mass is 9.93. The van der Waals surface area contributed by atoms with Crippen LogP contribution in [0.3, 0.4) is 0 Å². The lowest BCUT2D eigenvalue weighted by molar-refractivity contribution is -0.119. The van der Waals surface area contributed by atoms with Crippen molar-refractivity contribution in [2.75, 3.05) is 44.8 Å². The van der Waals surface area contributed by atoms with Gasteiger partial charge >= 0.3 is 0 Å². The van der Waals surface area contributed by atoms with Gasteiger partial charge in [-0.2, -0.15) is 0 Å². The van der Waals surface area contributed by atoms with E-state index in [1.807, 2.05) is 54.8 Å². The van der Waals surface area contributed by atoms with Gasteiger partial charge < -0.3 is 27.0 Å². The zero-order chi connectivity index (χ0) is 25.8. The summed E-state index contributed by atoms with van der Waals surface area (Å²) < 4.78 is 0.954. The number of nitrogens with one attached hydrogen (secondary N) is 2. The number of hydrogen-bond acceptors (Lipinski definition) is 7. The van der Waals surface area contributed by atoms with Crippen molar-refractivity contribution in [2.45, 2.75) is 13.0 Å². The molecule has 2 heterocycles. The van der Waals surface area contributed by atoms with Crippen LogP contribution in [-0.2, 0) is 4.79 Å². The van der Waals surface area contributed by atoms with Gasteiger partial charge in [-0.1, -0.05) is 24.3 Å². The summed E-state index contributed by atoms with van der Waals surface area (Å²) in [6.07, 6.45) is 7.69. The van der Waals surface area contributed by atoms with Crippen molar-refractivity contribution in [1.82, 2.24) is 10.2 Å². The molecule has 7 nitrogen and oxygen atoms in total. The fourth-order valence-corrected chi connectivity index (χ4v) is 5.78. The first-order valence-corrected chi connectivity index (χ1v) is 13.0. The number of Topliss-reactive ketones (excluding diaryl/α,β-unsaturated/α-hetero) is 1. The van der Waals surface area contributed by atoms with Gasteiger partial charge in [0.25, 0.3) is 0 Å². The quantitative estimate of drug-likeness (QED) is 0.320. The number of carbonyl (C=O) groups is 1. The average molecular weight is 552 g/mol. The Morgan fingerprint density at radius 2 is 1.92 bits per heavy atom. The van der Waals surface area contributed by atoms with Gasteiger partial charge in [-0.25, -0.2) is 0 Å². The lowest BCUT2D eigenvalue weighted by Gasteiger charge is -2.23. The maximum absolute atomic E-state index is 10.9. The van der Waals surface area contributed by atoms with Gasteiger partial charge in [0.2, 0.25) is 0 Å². The predicted molar refractivity (Wildman–Crippen MR) is 152 cm³/mol. The molecule has 2 aliphatic heterocycles. The highest BCUT2D eigenvalue weighted by molar-refractivity contribution is 9.10. The van der Waals surface area contributed by atoms with E-state index in [4.69, 9.17) is 11.5 Å². The van der Waals surface area contributed by atoms with Gasteiger partial charge in [0.1, 0.15) is 5.78 Å². The number of allylic oxidation sites excluding steroid dienone is 2. The number of nitrogens with two attached hydrogens (primary N) is 2. The highest BCUT2D eigenvalue weighted by Crippen LogP contribution is 2.51. The molecule has 6 N–H and O–H groups in total. The van der Waals surface area contributed by atoms with Crippen LogP contribution in [-0.4, -0.2) is 50.6 Å². The largest absolute Gasteiger partial charge is 0.398 e. The molecule has 3 unspecified atom stereocenters. The maximum Gasteiger partial charge on any atom is 0.133 e. The van der Waals surface area contributed by atoms with Gasteiger partial charge in [0, 0.05) is 53.7 Å². The summed E-state index contributed by atoms with van der Waals surface area (Å²) in [5, 5.41) is 6.69. The first kappa shape index (κ1) is 26.1. The number of dihydropyridines is 1. The van der Waals surface area contributed by atoms with Crippen molar-refractivity contribution in [3.8, 4) is 0 Å². The van der Waals surface area contributed by atoms with E-state index in [2.05, 4.69) is 43.5 Å². The molecule has 1 saturated carbocycles. The molecule has 2 aromatic rings. The van der Waals surface area contributed by atoms with E-state index in [9.17, 15) is 4.79 Å². The van der Waals surface area contributed by atoms with Gasteiger partial charge in [-0.05, 0) is 83.3 Å². The smallest absolute Gasteiger partial charge is 0.133 e. The minimum absolute atomic E-state index is 0.348. The third-order valence-corrected chi connectivity index (χ3v) is 7.74. The Balaban J connectivity index is 0.000000251. The molecule has 8 heteroatoms. The SMILES string of the molecule is CC(=O)C1C2CN(C)CC21.CN=Cc1c(N)cccc1C(N)c1cccc(Br)c1NC1=CC=CNC1. The van der Waals surface area contributed by atoms with Crippen LogP contribution in [0.2, 0.25) is 0 Å². The van der Waals surface area contributed by atoms with E-state index in [-0.39, 0.29) is 6.04 Å². The molecule has 2 fully saturated rings. The molecule has 0 bridgehead atoms. The second-order valence-corrected chi connectivity index (χ2v) is 10.5. The van der Waals surface area contributed by atoms with E-state index in [1.54, 1.807) is 20.2 Å². The van der Waals surface area contributed by atoms with Crippen LogP contribution >= 0.6 is 15.9 Å². The Labute approximate surface area is 221 Å². The van der Waals surface area contributed by atoms with Gasteiger partial charge in [-0.15, -0.1) is 0 Å². The molecule has 0 radical (unpaired) electrons. The number of nitrogens with zero attached hydrogens (tertiary/aromatic N) is 2. The lowest BCUT2D eigenvalue weighted by Crippen LogP contribution is -2.21. The monoisotopic (exact) mass is 550 g/mol. The Morgan fingerprint density at radius 3 is 2.56 bits per heavy atom. The number of carbonyl (C=O) groups excluding carboxylic acids is 1. The molecule has 1 aliphatic carbocycles. The molecule has 0 amide bonds. The van der Waals surface area contributed by atoms with Crippen molar-refractivity contribution in [3.63, 3.8) is 0 Å². The summed E-state index contributed by atoms with van der Waals surface area (Å²) in [4.78, 5) is 17.3. The number of aliphatic imine (C=N–C) groups is 1. The minimum atomic E-state index is -0.348. The number of likely N-dealkylation sites (tertiary alicyclic amines) is 1. The van der Waals surface area contributed by atoms with Crippen LogP contribution in [0, 0.1) is 17.8 Å². The first-order chi connectivity index (χ1) is 17.3. The zero-order valence-electron chi connectivity index (χ0n) is 21.0. The van der Waals surface area contributed by atoms with E-state index in [0.29, 0.717) is 17.4 Å². The molecule has 36 heavy (non-hydrogen) atoms. The average Bonchev–Trinajstić information content (AvgIpc) is 3.39. The van der Waals surface area contributed by atoms with Crippen LogP contribution < -0.4 is 22.1 Å². The number of halogens is 1.